The summed E-state index contributed by atoms with van der Waals surface area (Å²) in [6, 6.07) is 14.4. The van der Waals surface area contributed by atoms with Crippen LogP contribution in [0.15, 0.2) is 61.2 Å². The highest BCUT2D eigenvalue weighted by Gasteiger charge is 2.10. The van der Waals surface area contributed by atoms with Crippen LogP contribution in [0.1, 0.15) is 17.3 Å². The Morgan fingerprint density at radius 2 is 2.00 bits per heavy atom. The number of rotatable bonds is 7. The minimum atomic E-state index is -0.212. The van der Waals surface area contributed by atoms with Crippen molar-refractivity contribution in [2.45, 2.75) is 6.92 Å². The highest BCUT2D eigenvalue weighted by Crippen LogP contribution is 2.24. The quantitative estimate of drug-likeness (QED) is 0.788. The van der Waals surface area contributed by atoms with Crippen LogP contribution in [0.2, 0.25) is 0 Å². The average molecular weight is 297 g/mol. The fraction of sp³-hybridized carbons (Fsp3) is 0.167. The van der Waals surface area contributed by atoms with Gasteiger partial charge in [-0.25, -0.2) is 0 Å². The lowest BCUT2D eigenvalue weighted by atomic mass is 10.2. The van der Waals surface area contributed by atoms with Crippen molar-refractivity contribution in [2.75, 3.05) is 18.5 Å². The van der Waals surface area contributed by atoms with Crippen LogP contribution < -0.4 is 14.8 Å². The molecule has 0 aromatic heterocycles. The molecule has 0 unspecified atom stereocenters. The van der Waals surface area contributed by atoms with Crippen molar-refractivity contribution >= 4 is 11.6 Å². The van der Waals surface area contributed by atoms with Crippen LogP contribution in [0, 0.1) is 0 Å². The molecule has 0 fully saturated rings. The predicted molar refractivity (Wildman–Crippen MR) is 87.7 cm³/mol. The maximum Gasteiger partial charge on any atom is 0.255 e. The van der Waals surface area contributed by atoms with E-state index < -0.39 is 0 Å². The van der Waals surface area contributed by atoms with Crippen LogP contribution in [0.3, 0.4) is 0 Å². The average Bonchev–Trinajstić information content (AvgIpc) is 2.54. The van der Waals surface area contributed by atoms with Crippen LogP contribution in [-0.4, -0.2) is 19.1 Å². The van der Waals surface area contributed by atoms with Gasteiger partial charge in [-0.1, -0.05) is 30.9 Å². The first-order valence-corrected chi connectivity index (χ1v) is 7.11. The molecule has 2 aromatic rings. The van der Waals surface area contributed by atoms with Gasteiger partial charge in [-0.05, 0) is 37.3 Å². The Bertz CT molecular complexity index is 652. The summed E-state index contributed by atoms with van der Waals surface area (Å²) in [5, 5.41) is 2.85. The number of ether oxygens (including phenoxy) is 2. The Labute approximate surface area is 130 Å². The number of benzene rings is 2. The number of para-hydroxylation sites is 2. The van der Waals surface area contributed by atoms with E-state index in [0.717, 1.165) is 0 Å². The second-order valence-corrected chi connectivity index (χ2v) is 4.51. The van der Waals surface area contributed by atoms with Gasteiger partial charge in [0.15, 0.2) is 0 Å². The van der Waals surface area contributed by atoms with Gasteiger partial charge >= 0.3 is 0 Å². The van der Waals surface area contributed by atoms with E-state index in [1.165, 1.54) is 0 Å². The predicted octanol–water partition coefficient (Wildman–Crippen LogP) is 3.90. The third-order valence-electron chi connectivity index (χ3n) is 2.90. The Morgan fingerprint density at radius 1 is 1.18 bits per heavy atom. The Morgan fingerprint density at radius 3 is 2.77 bits per heavy atom. The molecule has 0 aliphatic heterocycles. The van der Waals surface area contributed by atoms with E-state index >= 15 is 0 Å². The van der Waals surface area contributed by atoms with Gasteiger partial charge in [-0.15, -0.1) is 0 Å². The molecule has 1 amide bonds. The van der Waals surface area contributed by atoms with Crippen LogP contribution in [-0.2, 0) is 0 Å². The van der Waals surface area contributed by atoms with Crippen molar-refractivity contribution in [1.29, 1.82) is 0 Å². The summed E-state index contributed by atoms with van der Waals surface area (Å²) >= 11 is 0. The molecule has 2 aromatic carbocycles. The second-order valence-electron chi connectivity index (χ2n) is 4.51. The molecule has 0 saturated heterocycles. The lowest BCUT2D eigenvalue weighted by Gasteiger charge is -2.12. The second kappa shape index (κ2) is 7.88. The van der Waals surface area contributed by atoms with Crippen molar-refractivity contribution < 1.29 is 14.3 Å². The van der Waals surface area contributed by atoms with Gasteiger partial charge in [0, 0.05) is 5.56 Å². The SMILES string of the molecule is C=CCOc1ccccc1NC(=O)c1cccc(OCC)c1. The fourth-order valence-electron chi connectivity index (χ4n) is 1.93. The monoisotopic (exact) mass is 297 g/mol. The van der Waals surface area contributed by atoms with Gasteiger partial charge in [0.2, 0.25) is 0 Å². The number of hydrogen-bond donors (Lipinski definition) is 1. The number of anilines is 1. The zero-order valence-electron chi connectivity index (χ0n) is 12.5. The van der Waals surface area contributed by atoms with Gasteiger partial charge in [-0.2, -0.15) is 0 Å². The van der Waals surface area contributed by atoms with Crippen molar-refractivity contribution in [1.82, 2.24) is 0 Å². The zero-order valence-corrected chi connectivity index (χ0v) is 12.5. The number of carbonyl (C=O) groups excluding carboxylic acids is 1. The van der Waals surface area contributed by atoms with Crippen LogP contribution >= 0.6 is 0 Å². The minimum Gasteiger partial charge on any atom is -0.494 e. The summed E-state index contributed by atoms with van der Waals surface area (Å²) in [5.74, 6) is 1.07. The normalized spacial score (nSPS) is 9.86. The van der Waals surface area contributed by atoms with E-state index in [0.29, 0.717) is 36.0 Å². The van der Waals surface area contributed by atoms with Crippen molar-refractivity contribution in [3.05, 3.63) is 66.7 Å². The lowest BCUT2D eigenvalue weighted by molar-refractivity contribution is 0.102. The van der Waals surface area contributed by atoms with E-state index in [1.807, 2.05) is 25.1 Å². The minimum absolute atomic E-state index is 0.212. The standard InChI is InChI=1S/C18H19NO3/c1-3-12-22-17-11-6-5-10-16(17)19-18(20)14-8-7-9-15(13-14)21-4-2/h3,5-11,13H,1,4,12H2,2H3,(H,19,20). The summed E-state index contributed by atoms with van der Waals surface area (Å²) in [5.41, 5.74) is 1.15. The van der Waals surface area contributed by atoms with Crippen molar-refractivity contribution in [3.63, 3.8) is 0 Å². The van der Waals surface area contributed by atoms with E-state index in [2.05, 4.69) is 11.9 Å². The maximum absolute atomic E-state index is 12.4. The van der Waals surface area contributed by atoms with Gasteiger partial charge in [0.05, 0.1) is 12.3 Å². The first-order chi connectivity index (χ1) is 10.7. The van der Waals surface area contributed by atoms with Gasteiger partial charge in [-0.3, -0.25) is 4.79 Å². The fourth-order valence-corrected chi connectivity index (χ4v) is 1.93. The van der Waals surface area contributed by atoms with Gasteiger partial charge < -0.3 is 14.8 Å². The van der Waals surface area contributed by atoms with Crippen molar-refractivity contribution in [3.8, 4) is 11.5 Å². The number of nitrogens with one attached hydrogen (secondary N) is 1. The summed E-state index contributed by atoms with van der Waals surface area (Å²) < 4.78 is 10.9. The van der Waals surface area contributed by atoms with E-state index in [9.17, 15) is 4.79 Å². The first-order valence-electron chi connectivity index (χ1n) is 7.11. The number of carbonyl (C=O) groups is 1. The van der Waals surface area contributed by atoms with E-state index in [-0.39, 0.29) is 5.91 Å². The highest BCUT2D eigenvalue weighted by molar-refractivity contribution is 6.05. The topological polar surface area (TPSA) is 47.6 Å². The largest absolute Gasteiger partial charge is 0.494 e. The molecule has 4 heteroatoms. The van der Waals surface area contributed by atoms with Crippen LogP contribution in [0.4, 0.5) is 5.69 Å². The molecule has 0 spiro atoms. The summed E-state index contributed by atoms with van der Waals surface area (Å²) in [6.07, 6.45) is 1.66. The van der Waals surface area contributed by atoms with E-state index in [1.54, 1.807) is 36.4 Å². The Balaban J connectivity index is 2.15. The third-order valence-corrected chi connectivity index (χ3v) is 2.90. The molecule has 0 aliphatic rings. The molecular formula is C18H19NO3. The Hall–Kier alpha value is -2.75. The number of hydrogen-bond acceptors (Lipinski definition) is 3. The lowest BCUT2D eigenvalue weighted by Crippen LogP contribution is -2.13. The van der Waals surface area contributed by atoms with Gasteiger partial charge in [0.1, 0.15) is 18.1 Å². The summed E-state index contributed by atoms with van der Waals surface area (Å²) in [4.78, 5) is 12.4. The molecule has 22 heavy (non-hydrogen) atoms. The third kappa shape index (κ3) is 4.12. The molecule has 0 bridgehead atoms. The molecule has 0 radical (unpaired) electrons. The molecule has 0 saturated carbocycles. The molecule has 4 nitrogen and oxygen atoms in total. The first kappa shape index (κ1) is 15.6. The van der Waals surface area contributed by atoms with Crippen LogP contribution in [0.5, 0.6) is 11.5 Å². The molecule has 114 valence electrons. The molecule has 2 rings (SSSR count). The van der Waals surface area contributed by atoms with Gasteiger partial charge in [0.25, 0.3) is 5.91 Å². The molecule has 1 N–H and O–H groups in total. The Kier molecular flexibility index (Phi) is 5.60. The molecular weight excluding hydrogens is 278 g/mol. The molecule has 0 aliphatic carbocycles. The summed E-state index contributed by atoms with van der Waals surface area (Å²) in [7, 11) is 0. The number of amides is 1. The highest BCUT2D eigenvalue weighted by atomic mass is 16.5. The maximum atomic E-state index is 12.4. The summed E-state index contributed by atoms with van der Waals surface area (Å²) in [6.45, 7) is 6.46. The molecule has 0 heterocycles. The zero-order chi connectivity index (χ0) is 15.8. The van der Waals surface area contributed by atoms with Crippen molar-refractivity contribution in [2.24, 2.45) is 0 Å². The van der Waals surface area contributed by atoms with E-state index in [4.69, 9.17) is 9.47 Å². The smallest absolute Gasteiger partial charge is 0.255 e. The van der Waals surface area contributed by atoms with Crippen LogP contribution in [0.25, 0.3) is 0 Å². The molecule has 0 atom stereocenters.